The highest BCUT2D eigenvalue weighted by atomic mass is 14.9. The SMILES string of the molecule is [2H]N([2H])C([2H])([2H])C([2H])([2H])N([2H])C([2H])([2H])C([2H])([2H])C([2H])([2H])N([2H])C([2H])([2H])C([2H])([2H])N([2H])[2H]. The highest BCUT2D eigenvalue weighted by Gasteiger charge is 1.86. The molecule has 0 aromatic carbocycles. The van der Waals surface area contributed by atoms with Crippen molar-refractivity contribution in [2.75, 3.05) is 39.0 Å². The lowest BCUT2D eigenvalue weighted by molar-refractivity contribution is 0.602. The molecule has 0 bridgehead atoms. The van der Waals surface area contributed by atoms with E-state index in [-0.39, 0.29) is 0 Å². The summed E-state index contributed by atoms with van der Waals surface area (Å²) < 4.78 is 149. The summed E-state index contributed by atoms with van der Waals surface area (Å²) in [4.78, 5) is 0. The third-order valence-corrected chi connectivity index (χ3v) is 0.435. The van der Waals surface area contributed by atoms with E-state index in [0.717, 1.165) is 0 Å². The number of hydrogen-bond acceptors (Lipinski definition) is 4. The van der Waals surface area contributed by atoms with Crippen LogP contribution in [0.3, 0.4) is 0 Å². The van der Waals surface area contributed by atoms with Crippen LogP contribution in [0.4, 0.5) is 0 Å². The molecule has 0 saturated heterocycles. The molecule has 4 nitrogen and oxygen atoms in total. The molecule has 0 fully saturated rings. The summed E-state index contributed by atoms with van der Waals surface area (Å²) in [5, 5.41) is -2.12. The second-order valence-corrected chi connectivity index (χ2v) is 1.02. The lowest BCUT2D eigenvalue weighted by Gasteiger charge is -2.03. The Morgan fingerprint density at radius 2 is 1.64 bits per heavy atom. The first-order chi connectivity index (χ1) is 13.2. The Hall–Kier alpha value is -0.160. The number of hydrogen-bond donors (Lipinski definition) is 4. The fourth-order valence-electron chi connectivity index (χ4n) is 0.187. The molecule has 0 amide bonds. The molecular formula is C7H20N4. The van der Waals surface area contributed by atoms with Crippen molar-refractivity contribution >= 4 is 0 Å². The van der Waals surface area contributed by atoms with E-state index < -0.39 is 67.4 Å². The number of rotatable bonds is 10. The van der Waals surface area contributed by atoms with Gasteiger partial charge in [0.15, 0.2) is 0 Å². The molecule has 0 unspecified atom stereocenters. The predicted molar refractivity (Wildman–Crippen MR) is 48.5 cm³/mol. The Bertz CT molecular complexity index is 577. The Labute approximate surface area is 97.2 Å². The molecule has 0 spiro atoms. The maximum absolute atomic E-state index is 7.78. The van der Waals surface area contributed by atoms with Crippen LogP contribution in [0.15, 0.2) is 0 Å². The van der Waals surface area contributed by atoms with Crippen LogP contribution in [-0.4, -0.2) is 39.0 Å². The second-order valence-electron chi connectivity index (χ2n) is 1.02. The Morgan fingerprint density at radius 1 is 1.09 bits per heavy atom. The van der Waals surface area contributed by atoms with Gasteiger partial charge in [-0.15, -0.1) is 0 Å². The maximum atomic E-state index is 7.78. The Morgan fingerprint density at radius 3 is 2.09 bits per heavy atom. The third-order valence-electron chi connectivity index (χ3n) is 0.435. The monoisotopic (exact) mass is 180 g/mol. The standard InChI is InChI=1S/C7H20N4/c8-2-6-10-4-1-5-11-7-3-9/h10-11H,1-9H2/i1D2,2D2,3D2,4D2,5D2,6D2,7D2/hD6. The van der Waals surface area contributed by atoms with E-state index in [4.69, 9.17) is 27.7 Å². The second kappa shape index (κ2) is 9.84. The molecule has 0 atom stereocenters. The van der Waals surface area contributed by atoms with Crippen LogP contribution in [0.2, 0.25) is 8.47 Å². The summed E-state index contributed by atoms with van der Waals surface area (Å²) in [7, 11) is 0. The van der Waals surface area contributed by atoms with Gasteiger partial charge in [-0.3, -0.25) is 0 Å². The van der Waals surface area contributed by atoms with Gasteiger partial charge in [0.25, 0.3) is 0 Å². The highest BCUT2D eigenvalue weighted by molar-refractivity contribution is 4.51. The van der Waals surface area contributed by atoms with E-state index >= 15 is 0 Å². The van der Waals surface area contributed by atoms with E-state index in [9.17, 15) is 0 Å². The molecule has 6 N–H and O–H groups in total. The quantitative estimate of drug-likeness (QED) is 0.329. The van der Waals surface area contributed by atoms with E-state index in [0.29, 0.717) is 0 Å². The van der Waals surface area contributed by atoms with Crippen molar-refractivity contribution in [3.05, 3.63) is 0 Å². The maximum Gasteiger partial charge on any atom is 0.122 e. The first-order valence-corrected chi connectivity index (χ1v) is 2.34. The van der Waals surface area contributed by atoms with Crippen molar-refractivity contribution < 1.29 is 27.7 Å². The molecule has 68 valence electrons. The molecule has 0 aliphatic heterocycles. The number of nitrogens with one attached hydrogen (secondary N) is 2. The van der Waals surface area contributed by atoms with Gasteiger partial charge < -0.3 is 22.1 Å². The van der Waals surface area contributed by atoms with E-state index in [1.807, 2.05) is 0 Å². The van der Waals surface area contributed by atoms with Gasteiger partial charge in [0.05, 0.1) is 0 Å². The number of nitrogens with two attached hydrogens (primary N) is 2. The van der Waals surface area contributed by atoms with Crippen LogP contribution >= 0.6 is 0 Å². The van der Waals surface area contributed by atoms with Crippen molar-refractivity contribution in [3.8, 4) is 0 Å². The Balaban J connectivity index is 6.50. The smallest absolute Gasteiger partial charge is 0.122 e. The average Bonchev–Trinajstić information content (AvgIpc) is 2.58. The summed E-state index contributed by atoms with van der Waals surface area (Å²) in [5.74, 6) is 0. The van der Waals surface area contributed by atoms with Crippen LogP contribution in [0, 0.1) is 0 Å². The van der Waals surface area contributed by atoms with Gasteiger partial charge in [0.1, 0.15) is 8.47 Å². The molecule has 0 aromatic rings. The summed E-state index contributed by atoms with van der Waals surface area (Å²) in [6.07, 6.45) is -4.29. The van der Waals surface area contributed by atoms with E-state index in [1.54, 1.807) is 0 Å². The average molecular weight is 180 g/mol. The fraction of sp³-hybridized carbons (Fsp3) is 1.00. The molecule has 0 radical (unpaired) electrons. The van der Waals surface area contributed by atoms with Crippen molar-refractivity contribution in [1.82, 2.24) is 10.6 Å². The van der Waals surface area contributed by atoms with Crippen LogP contribution in [0.25, 0.3) is 0 Å². The van der Waals surface area contributed by atoms with Gasteiger partial charge in [0.2, 0.25) is 0 Å². The van der Waals surface area contributed by atoms with Crippen molar-refractivity contribution in [3.63, 3.8) is 0 Å². The summed E-state index contributed by atoms with van der Waals surface area (Å²) in [6.45, 7) is -24.0. The summed E-state index contributed by atoms with van der Waals surface area (Å²) >= 11 is 0. The zero-order valence-electron chi connectivity index (χ0n) is 25.3. The lowest BCUT2D eigenvalue weighted by atomic mass is 10.4. The van der Waals surface area contributed by atoms with Gasteiger partial charge in [-0.05, 0) is 19.4 Å². The van der Waals surface area contributed by atoms with Crippen molar-refractivity contribution in [1.29, 1.82) is 0 Å². The van der Waals surface area contributed by atoms with Gasteiger partial charge in [-0.25, -0.2) is 0 Å². The molecule has 0 aliphatic rings. The molecule has 0 saturated carbocycles. The minimum absolute atomic E-state index is 0.879. The van der Waals surface area contributed by atoms with Crippen LogP contribution < -0.4 is 22.1 Å². The third kappa shape index (κ3) is 9.84. The largest absolute Gasteiger partial charge is 0.329 e. The zero-order chi connectivity index (χ0) is 25.8. The van der Waals surface area contributed by atoms with Crippen LogP contribution in [0.5, 0.6) is 0 Å². The topological polar surface area (TPSA) is 76.1 Å². The van der Waals surface area contributed by atoms with Crippen LogP contribution in [0.1, 0.15) is 25.6 Å². The summed E-state index contributed by atoms with van der Waals surface area (Å²) in [6, 6.07) is 0. The molecule has 4 heteroatoms. The minimum Gasteiger partial charge on any atom is -0.329 e. The highest BCUT2D eigenvalue weighted by Crippen LogP contribution is 1.71. The zero-order valence-corrected chi connectivity index (χ0v) is 5.29. The van der Waals surface area contributed by atoms with Gasteiger partial charge >= 0.3 is 0 Å². The van der Waals surface area contributed by atoms with Crippen molar-refractivity contribution in [2.45, 2.75) is 6.37 Å². The fourth-order valence-corrected chi connectivity index (χ4v) is 0.187. The molecule has 11 heavy (non-hydrogen) atoms. The van der Waals surface area contributed by atoms with Gasteiger partial charge in [-0.2, -0.15) is 0 Å². The van der Waals surface area contributed by atoms with Crippen molar-refractivity contribution in [2.24, 2.45) is 11.4 Å². The van der Waals surface area contributed by atoms with Gasteiger partial charge in [-0.1, -0.05) is 0 Å². The first-order valence-electron chi connectivity index (χ1n) is 12.0. The molecule has 0 rings (SSSR count). The van der Waals surface area contributed by atoms with Gasteiger partial charge in [0, 0.05) is 45.2 Å². The van der Waals surface area contributed by atoms with Crippen LogP contribution in [-0.2, 0) is 0 Å². The van der Waals surface area contributed by atoms with E-state index in [1.165, 1.54) is 0 Å². The Kier molecular flexibility index (Phi) is 1.05. The molecule has 0 aliphatic carbocycles. The van der Waals surface area contributed by atoms with E-state index in [2.05, 4.69) is 0 Å². The lowest BCUT2D eigenvalue weighted by Crippen LogP contribution is -2.28. The first kappa shape index (κ1) is 1.18. The molecule has 0 aromatic heterocycles. The minimum atomic E-state index is -4.29. The summed E-state index contributed by atoms with van der Waals surface area (Å²) in [5.41, 5.74) is -1.76. The molecular weight excluding hydrogens is 140 g/mol. The normalized spacial score (nSPS) is 47.6. The predicted octanol–water partition coefficient (Wildman–Crippen LogP) is -1.53. The molecule has 0 heterocycles.